The molecule has 3 heterocycles. The number of nitrogens with zero attached hydrogens (tertiary/aromatic N) is 3. The molecule has 4 aromatic rings. The fourth-order valence-electron chi connectivity index (χ4n) is 3.67. The number of sulfonamides is 1. The molecule has 1 fully saturated rings. The van der Waals surface area contributed by atoms with Crippen LogP contribution in [0.5, 0.6) is 5.88 Å². The van der Waals surface area contributed by atoms with Crippen LogP contribution in [0.4, 0.5) is 19.0 Å². The molecule has 1 aliphatic carbocycles. The smallest absolute Gasteiger partial charge is 0.418 e. The fraction of sp³-hybridized carbons (Fsp3) is 0.364. The lowest BCUT2D eigenvalue weighted by Gasteiger charge is -2.11. The highest BCUT2D eigenvalue weighted by molar-refractivity contribution is 7.93. The van der Waals surface area contributed by atoms with Crippen molar-refractivity contribution in [2.75, 3.05) is 11.3 Å². The zero-order chi connectivity index (χ0) is 25.1. The SMILES string of the molecule is CC(C)COc1ncc(-n2cc(C(F)(F)F)c3cc4c(NS(=O)(=O)C5CC5)noc4cc32)cc1Cl. The van der Waals surface area contributed by atoms with Gasteiger partial charge in [0.1, 0.15) is 5.02 Å². The first-order chi connectivity index (χ1) is 16.4. The van der Waals surface area contributed by atoms with E-state index in [2.05, 4.69) is 14.9 Å². The summed E-state index contributed by atoms with van der Waals surface area (Å²) >= 11 is 6.28. The second-order valence-corrected chi connectivity index (χ2v) is 11.2. The van der Waals surface area contributed by atoms with Crippen molar-refractivity contribution in [1.29, 1.82) is 0 Å². The fourth-order valence-corrected chi connectivity index (χ4v) is 5.22. The highest BCUT2D eigenvalue weighted by atomic mass is 35.5. The molecule has 3 aromatic heterocycles. The largest absolute Gasteiger partial charge is 0.476 e. The Morgan fingerprint density at radius 2 is 2.00 bits per heavy atom. The van der Waals surface area contributed by atoms with Gasteiger partial charge in [-0.1, -0.05) is 30.6 Å². The molecule has 1 saturated carbocycles. The van der Waals surface area contributed by atoms with Crippen molar-refractivity contribution in [3.8, 4) is 11.6 Å². The van der Waals surface area contributed by atoms with Crippen molar-refractivity contribution in [2.45, 2.75) is 38.1 Å². The molecule has 0 aliphatic heterocycles. The van der Waals surface area contributed by atoms with E-state index in [1.807, 2.05) is 13.8 Å². The number of alkyl halides is 3. The molecule has 0 spiro atoms. The first-order valence-electron chi connectivity index (χ1n) is 10.8. The third-order valence-corrected chi connectivity index (χ3v) is 7.63. The summed E-state index contributed by atoms with van der Waals surface area (Å²) < 4.78 is 80.9. The minimum absolute atomic E-state index is 0.120. The molecule has 0 saturated heterocycles. The van der Waals surface area contributed by atoms with Gasteiger partial charge in [-0.05, 0) is 30.9 Å². The van der Waals surface area contributed by atoms with Crippen molar-refractivity contribution in [3.63, 3.8) is 0 Å². The van der Waals surface area contributed by atoms with Crippen LogP contribution in [0.25, 0.3) is 27.6 Å². The quantitative estimate of drug-likeness (QED) is 0.326. The number of hydrogen-bond acceptors (Lipinski definition) is 6. The molecule has 1 N–H and O–H groups in total. The topological polar surface area (TPSA) is 99.2 Å². The molecule has 35 heavy (non-hydrogen) atoms. The van der Waals surface area contributed by atoms with Crippen LogP contribution in [0, 0.1) is 5.92 Å². The molecular weight excluding hydrogens is 509 g/mol. The number of fused-ring (bicyclic) bond motifs is 2. The highest BCUT2D eigenvalue weighted by Crippen LogP contribution is 2.41. The number of halogens is 4. The minimum atomic E-state index is -4.68. The van der Waals surface area contributed by atoms with Crippen molar-refractivity contribution in [3.05, 3.63) is 41.2 Å². The number of ether oxygens (including phenoxy) is 1. The normalized spacial score (nSPS) is 14.8. The van der Waals surface area contributed by atoms with Crippen LogP contribution in [-0.4, -0.2) is 35.0 Å². The molecule has 0 radical (unpaired) electrons. The first-order valence-corrected chi connectivity index (χ1v) is 12.7. The Morgan fingerprint density at radius 1 is 1.26 bits per heavy atom. The monoisotopic (exact) mass is 528 g/mol. The number of anilines is 1. The van der Waals surface area contributed by atoms with Crippen LogP contribution in [0.2, 0.25) is 5.02 Å². The lowest BCUT2D eigenvalue weighted by Crippen LogP contribution is -2.17. The van der Waals surface area contributed by atoms with Gasteiger partial charge in [-0.2, -0.15) is 13.2 Å². The van der Waals surface area contributed by atoms with Gasteiger partial charge >= 0.3 is 6.18 Å². The summed E-state index contributed by atoms with van der Waals surface area (Å²) in [4.78, 5) is 4.17. The Balaban J connectivity index is 1.63. The van der Waals surface area contributed by atoms with E-state index in [0.29, 0.717) is 19.4 Å². The maximum Gasteiger partial charge on any atom is 0.418 e. The van der Waals surface area contributed by atoms with E-state index in [9.17, 15) is 21.6 Å². The average Bonchev–Trinajstić information content (AvgIpc) is 3.48. The van der Waals surface area contributed by atoms with Gasteiger partial charge in [0.25, 0.3) is 0 Å². The van der Waals surface area contributed by atoms with E-state index in [0.717, 1.165) is 6.20 Å². The first kappa shape index (κ1) is 23.7. The van der Waals surface area contributed by atoms with Crippen molar-refractivity contribution >= 4 is 49.3 Å². The van der Waals surface area contributed by atoms with E-state index < -0.39 is 27.0 Å². The van der Waals surface area contributed by atoms with E-state index >= 15 is 0 Å². The average molecular weight is 529 g/mol. The predicted octanol–water partition coefficient (Wildman–Crippen LogP) is 5.78. The Kier molecular flexibility index (Phi) is 5.63. The molecule has 0 amide bonds. The number of pyridine rings is 1. The van der Waals surface area contributed by atoms with Gasteiger partial charge in [-0.15, -0.1) is 0 Å². The lowest BCUT2D eigenvalue weighted by atomic mass is 10.1. The summed E-state index contributed by atoms with van der Waals surface area (Å²) in [6, 6.07) is 4.06. The molecule has 186 valence electrons. The molecule has 13 heteroatoms. The molecule has 1 aromatic carbocycles. The summed E-state index contributed by atoms with van der Waals surface area (Å²) in [7, 11) is -3.68. The number of benzene rings is 1. The van der Waals surface area contributed by atoms with Crippen molar-refractivity contribution in [1.82, 2.24) is 14.7 Å². The van der Waals surface area contributed by atoms with Gasteiger partial charge in [-0.25, -0.2) is 13.4 Å². The molecule has 0 atom stereocenters. The molecule has 0 bridgehead atoms. The molecule has 0 unspecified atom stereocenters. The molecule has 5 rings (SSSR count). The Bertz CT molecular complexity index is 1540. The summed E-state index contributed by atoms with van der Waals surface area (Å²) in [6.45, 7) is 4.30. The number of hydrogen-bond donors (Lipinski definition) is 1. The molecule has 8 nitrogen and oxygen atoms in total. The van der Waals surface area contributed by atoms with Gasteiger partial charge in [0.2, 0.25) is 15.9 Å². The third kappa shape index (κ3) is 4.52. The van der Waals surface area contributed by atoms with E-state index in [-0.39, 0.29) is 50.2 Å². The van der Waals surface area contributed by atoms with Gasteiger partial charge in [0.05, 0.1) is 40.2 Å². The van der Waals surface area contributed by atoms with Gasteiger partial charge < -0.3 is 13.8 Å². The summed E-state index contributed by atoms with van der Waals surface area (Å²) in [5.41, 5.74) is -0.356. The summed E-state index contributed by atoms with van der Waals surface area (Å²) in [6.07, 6.45) is -1.34. The maximum absolute atomic E-state index is 14.0. The van der Waals surface area contributed by atoms with Gasteiger partial charge in [0.15, 0.2) is 11.4 Å². The Hall–Kier alpha value is -2.99. The van der Waals surface area contributed by atoms with Crippen molar-refractivity contribution in [2.24, 2.45) is 5.92 Å². The van der Waals surface area contributed by atoms with E-state index in [1.54, 1.807) is 0 Å². The van der Waals surface area contributed by atoms with Gasteiger partial charge in [-0.3, -0.25) is 4.72 Å². The zero-order valence-electron chi connectivity index (χ0n) is 18.6. The van der Waals surface area contributed by atoms with Crippen LogP contribution < -0.4 is 9.46 Å². The predicted molar refractivity (Wildman–Crippen MR) is 125 cm³/mol. The van der Waals surface area contributed by atoms with Crippen LogP contribution in [0.1, 0.15) is 32.3 Å². The summed E-state index contributed by atoms with van der Waals surface area (Å²) in [5.74, 6) is 0.270. The van der Waals surface area contributed by atoms with E-state index in [1.165, 1.54) is 29.0 Å². The van der Waals surface area contributed by atoms with Crippen LogP contribution in [-0.2, 0) is 16.2 Å². The summed E-state index contributed by atoms with van der Waals surface area (Å²) in [5, 5.41) is 3.33. The van der Waals surface area contributed by atoms with E-state index in [4.69, 9.17) is 20.9 Å². The maximum atomic E-state index is 14.0. The van der Waals surface area contributed by atoms with Gasteiger partial charge in [0, 0.05) is 17.6 Å². The number of rotatable bonds is 7. The molecule has 1 aliphatic rings. The lowest BCUT2D eigenvalue weighted by molar-refractivity contribution is -0.136. The highest BCUT2D eigenvalue weighted by Gasteiger charge is 2.38. The third-order valence-electron chi connectivity index (χ3n) is 5.53. The number of aromatic nitrogens is 3. The zero-order valence-corrected chi connectivity index (χ0v) is 20.1. The van der Waals surface area contributed by atoms with Crippen molar-refractivity contribution < 1.29 is 30.8 Å². The number of nitrogens with one attached hydrogen (secondary N) is 1. The van der Waals surface area contributed by atoms with Crippen LogP contribution >= 0.6 is 11.6 Å². The van der Waals surface area contributed by atoms with Crippen LogP contribution in [0.15, 0.2) is 35.1 Å². The Labute approximate surface area is 203 Å². The second-order valence-electron chi connectivity index (χ2n) is 8.84. The minimum Gasteiger partial charge on any atom is -0.476 e. The standard InChI is InChI=1S/C22H20ClF3N4O4S/c1-11(2)10-33-21-17(23)5-12(8-27-21)30-9-16(22(24,25)26)14-6-15-19(7-18(14)30)34-28-20(15)29-35(31,32)13-3-4-13/h5-9,11,13H,3-4,10H2,1-2H3,(H,28,29). The Morgan fingerprint density at radius 3 is 2.63 bits per heavy atom. The van der Waals surface area contributed by atoms with Crippen LogP contribution in [0.3, 0.4) is 0 Å². The molecular formula is C22H20ClF3N4O4S. The second kappa shape index (κ2) is 8.30.